The molecule has 1 heterocycles. The third-order valence-electron chi connectivity index (χ3n) is 5.44. The van der Waals surface area contributed by atoms with E-state index in [-0.39, 0.29) is 4.91 Å². The number of halogens is 2. The number of hydrogen-bond acceptors (Lipinski definition) is 6. The van der Waals surface area contributed by atoms with Crippen molar-refractivity contribution in [1.82, 2.24) is 4.90 Å². The van der Waals surface area contributed by atoms with Gasteiger partial charge in [-0.2, -0.15) is 0 Å². The normalized spacial score (nSPS) is 14.2. The number of nitrogens with one attached hydrogen (secondary N) is 1. The van der Waals surface area contributed by atoms with E-state index in [1.54, 1.807) is 12.1 Å². The Morgan fingerprint density at radius 2 is 1.79 bits per heavy atom. The van der Waals surface area contributed by atoms with Gasteiger partial charge < -0.3 is 14.8 Å². The quantitative estimate of drug-likeness (QED) is 0.214. The summed E-state index contributed by atoms with van der Waals surface area (Å²) in [4.78, 5) is 38.9. The van der Waals surface area contributed by atoms with Gasteiger partial charge in [0, 0.05) is 5.69 Å². The molecule has 0 atom stereocenters. The van der Waals surface area contributed by atoms with Crippen molar-refractivity contribution in [2.75, 3.05) is 18.5 Å². The molecule has 0 unspecified atom stereocenters. The van der Waals surface area contributed by atoms with E-state index in [9.17, 15) is 18.8 Å². The van der Waals surface area contributed by atoms with Crippen LogP contribution in [0, 0.1) is 16.3 Å². The molecule has 0 radical (unpaired) electrons. The van der Waals surface area contributed by atoms with Crippen LogP contribution in [-0.4, -0.2) is 35.1 Å². The van der Waals surface area contributed by atoms with Gasteiger partial charge in [-0.25, -0.2) is 4.39 Å². The molecule has 0 bridgehead atoms. The molecule has 1 aliphatic rings. The minimum Gasteiger partial charge on any atom is -0.490 e. The third kappa shape index (κ3) is 6.93. The summed E-state index contributed by atoms with van der Waals surface area (Å²) in [5, 5.41) is 2.00. The standard InChI is InChI=1S/C28H24FIN2O5S/c1-3-36-23-13-19(12-22(30)26(23)37-16-18-6-4-17(2)5-7-18)14-24-27(34)32(28(35)38-24)15-25(33)31-21-10-8-20(29)9-11-21/h4-14H,3,15-16H2,1-2H3,(H,31,33)/b24-14-. The molecule has 0 saturated carbocycles. The van der Waals surface area contributed by atoms with Crippen LogP contribution >= 0.6 is 34.4 Å². The minimum absolute atomic E-state index is 0.191. The van der Waals surface area contributed by atoms with Gasteiger partial charge >= 0.3 is 0 Å². The lowest BCUT2D eigenvalue weighted by atomic mass is 10.1. The van der Waals surface area contributed by atoms with Gasteiger partial charge in [-0.05, 0) is 102 Å². The van der Waals surface area contributed by atoms with Gasteiger partial charge in [0.25, 0.3) is 11.1 Å². The average Bonchev–Trinajstić information content (AvgIpc) is 3.13. The predicted octanol–water partition coefficient (Wildman–Crippen LogP) is 6.39. The summed E-state index contributed by atoms with van der Waals surface area (Å²) in [6, 6.07) is 16.9. The molecule has 38 heavy (non-hydrogen) atoms. The highest BCUT2D eigenvalue weighted by Gasteiger charge is 2.36. The zero-order valence-corrected chi connectivity index (χ0v) is 23.6. The summed E-state index contributed by atoms with van der Waals surface area (Å²) in [6.07, 6.45) is 1.59. The van der Waals surface area contributed by atoms with Gasteiger partial charge in [0.05, 0.1) is 15.1 Å². The van der Waals surface area contributed by atoms with E-state index in [1.807, 2.05) is 44.2 Å². The van der Waals surface area contributed by atoms with E-state index in [1.165, 1.54) is 29.8 Å². The molecular weight excluding hydrogens is 622 g/mol. The number of ether oxygens (including phenoxy) is 2. The predicted molar refractivity (Wildman–Crippen MR) is 154 cm³/mol. The van der Waals surface area contributed by atoms with Crippen molar-refractivity contribution < 1.29 is 28.2 Å². The number of anilines is 1. The molecule has 0 spiro atoms. The van der Waals surface area contributed by atoms with Gasteiger partial charge in [0.15, 0.2) is 11.5 Å². The first kappa shape index (κ1) is 27.6. The maximum Gasteiger partial charge on any atom is 0.294 e. The molecule has 196 valence electrons. The molecule has 10 heteroatoms. The van der Waals surface area contributed by atoms with Crippen LogP contribution in [0.1, 0.15) is 23.6 Å². The van der Waals surface area contributed by atoms with Crippen molar-refractivity contribution in [3.05, 3.63) is 91.6 Å². The lowest BCUT2D eigenvalue weighted by molar-refractivity contribution is -0.127. The third-order valence-corrected chi connectivity index (χ3v) is 7.15. The number of carbonyl (C=O) groups excluding carboxylic acids is 3. The fourth-order valence-corrected chi connectivity index (χ4v) is 5.20. The summed E-state index contributed by atoms with van der Waals surface area (Å²) >= 11 is 2.91. The van der Waals surface area contributed by atoms with E-state index >= 15 is 0 Å². The van der Waals surface area contributed by atoms with Crippen LogP contribution in [0.15, 0.2) is 65.6 Å². The van der Waals surface area contributed by atoms with Crippen LogP contribution in [0.5, 0.6) is 11.5 Å². The number of amides is 3. The molecule has 3 amide bonds. The highest BCUT2D eigenvalue weighted by Crippen LogP contribution is 2.38. The van der Waals surface area contributed by atoms with Gasteiger partial charge in [0.2, 0.25) is 5.91 Å². The first-order chi connectivity index (χ1) is 18.2. The molecule has 0 aliphatic carbocycles. The number of hydrogen-bond donors (Lipinski definition) is 1. The van der Waals surface area contributed by atoms with E-state index in [2.05, 4.69) is 27.9 Å². The van der Waals surface area contributed by atoms with Gasteiger partial charge in [0.1, 0.15) is 19.0 Å². The fraction of sp³-hybridized carbons (Fsp3) is 0.179. The smallest absolute Gasteiger partial charge is 0.294 e. The number of carbonyl (C=O) groups is 3. The molecule has 1 saturated heterocycles. The topological polar surface area (TPSA) is 84.9 Å². The largest absolute Gasteiger partial charge is 0.490 e. The molecule has 3 aromatic rings. The van der Waals surface area contributed by atoms with E-state index < -0.39 is 29.4 Å². The number of imide groups is 1. The van der Waals surface area contributed by atoms with Crippen LogP contribution in [-0.2, 0) is 16.2 Å². The molecule has 1 fully saturated rings. The van der Waals surface area contributed by atoms with Crippen molar-refractivity contribution in [2.45, 2.75) is 20.5 Å². The number of nitrogens with zero attached hydrogens (tertiary/aromatic N) is 1. The lowest BCUT2D eigenvalue weighted by Gasteiger charge is -2.15. The Hall–Kier alpha value is -3.38. The molecular formula is C28H24FIN2O5S. The summed E-state index contributed by atoms with van der Waals surface area (Å²) in [6.45, 7) is 4.23. The summed E-state index contributed by atoms with van der Waals surface area (Å²) < 4.78 is 25.7. The first-order valence-electron chi connectivity index (χ1n) is 11.7. The zero-order chi connectivity index (χ0) is 27.2. The van der Waals surface area contributed by atoms with Gasteiger partial charge in [-0.15, -0.1) is 0 Å². The Balaban J connectivity index is 1.48. The molecule has 4 rings (SSSR count). The first-order valence-corrected chi connectivity index (χ1v) is 13.6. The van der Waals surface area contributed by atoms with Crippen molar-refractivity contribution in [1.29, 1.82) is 0 Å². The Kier molecular flexibility index (Phi) is 9.05. The highest BCUT2D eigenvalue weighted by molar-refractivity contribution is 14.1. The van der Waals surface area contributed by atoms with Crippen molar-refractivity contribution in [3.8, 4) is 11.5 Å². The van der Waals surface area contributed by atoms with Crippen LogP contribution in [0.2, 0.25) is 0 Å². The SMILES string of the molecule is CCOc1cc(/C=C2\SC(=O)N(CC(=O)Nc3ccc(F)cc3)C2=O)cc(I)c1OCc1ccc(C)cc1. The monoisotopic (exact) mass is 646 g/mol. The second kappa shape index (κ2) is 12.4. The Morgan fingerprint density at radius 1 is 1.08 bits per heavy atom. The lowest BCUT2D eigenvalue weighted by Crippen LogP contribution is -2.36. The maximum atomic E-state index is 13.1. The van der Waals surface area contributed by atoms with Crippen LogP contribution in [0.4, 0.5) is 14.9 Å². The van der Waals surface area contributed by atoms with Crippen molar-refractivity contribution in [2.24, 2.45) is 0 Å². The maximum absolute atomic E-state index is 13.1. The number of benzene rings is 3. The summed E-state index contributed by atoms with van der Waals surface area (Å²) in [7, 11) is 0. The second-order valence-electron chi connectivity index (χ2n) is 8.36. The Bertz CT molecular complexity index is 1390. The van der Waals surface area contributed by atoms with E-state index in [0.717, 1.165) is 25.8 Å². The van der Waals surface area contributed by atoms with Gasteiger partial charge in [-0.1, -0.05) is 29.8 Å². The molecule has 0 aromatic heterocycles. The molecule has 1 N–H and O–H groups in total. The molecule has 7 nitrogen and oxygen atoms in total. The number of aryl methyl sites for hydroxylation is 1. The zero-order valence-electron chi connectivity index (χ0n) is 20.6. The van der Waals surface area contributed by atoms with E-state index in [4.69, 9.17) is 9.47 Å². The molecule has 1 aliphatic heterocycles. The van der Waals surface area contributed by atoms with Crippen molar-refractivity contribution >= 4 is 63.2 Å². The summed E-state index contributed by atoms with van der Waals surface area (Å²) in [5.41, 5.74) is 3.21. The molecule has 3 aromatic carbocycles. The van der Waals surface area contributed by atoms with E-state index in [0.29, 0.717) is 36.0 Å². The number of thioether (sulfide) groups is 1. The van der Waals surface area contributed by atoms with Crippen LogP contribution in [0.3, 0.4) is 0 Å². The minimum atomic E-state index is -0.568. The van der Waals surface area contributed by atoms with Crippen molar-refractivity contribution in [3.63, 3.8) is 0 Å². The average molecular weight is 646 g/mol. The summed E-state index contributed by atoms with van der Waals surface area (Å²) in [5.74, 6) is -0.455. The Labute approximate surface area is 237 Å². The fourth-order valence-electron chi connectivity index (χ4n) is 3.58. The second-order valence-corrected chi connectivity index (χ2v) is 10.5. The van der Waals surface area contributed by atoms with Crippen LogP contribution < -0.4 is 14.8 Å². The Morgan fingerprint density at radius 3 is 2.47 bits per heavy atom. The highest BCUT2D eigenvalue weighted by atomic mass is 127. The number of rotatable bonds is 9. The van der Waals surface area contributed by atoms with Crippen LogP contribution in [0.25, 0.3) is 6.08 Å². The van der Waals surface area contributed by atoms with Gasteiger partial charge in [-0.3, -0.25) is 19.3 Å².